The van der Waals surface area contributed by atoms with E-state index < -0.39 is 0 Å². The average molecular weight is 246 g/mol. The van der Waals surface area contributed by atoms with Crippen molar-refractivity contribution in [1.29, 1.82) is 0 Å². The summed E-state index contributed by atoms with van der Waals surface area (Å²) in [6.45, 7) is 6.10. The Morgan fingerprint density at radius 1 is 1.17 bits per heavy atom. The molecular weight excluding hydrogens is 224 g/mol. The smallest absolute Gasteiger partial charge is 0.168 e. The Morgan fingerprint density at radius 3 is 2.22 bits per heavy atom. The lowest BCUT2D eigenvalue weighted by Crippen LogP contribution is -2.24. The molecular formula is C16H22O2. The number of carbonyl (C=O) groups is 1. The van der Waals surface area contributed by atoms with E-state index in [9.17, 15) is 4.79 Å². The lowest BCUT2D eigenvalue weighted by Gasteiger charge is -2.21. The van der Waals surface area contributed by atoms with Gasteiger partial charge in [-0.05, 0) is 51.0 Å². The summed E-state index contributed by atoms with van der Waals surface area (Å²) < 4.78 is 5.59. The van der Waals surface area contributed by atoms with Crippen molar-refractivity contribution in [2.45, 2.75) is 52.6 Å². The molecule has 1 saturated carbocycles. The highest BCUT2D eigenvalue weighted by molar-refractivity contribution is 6.00. The lowest BCUT2D eigenvalue weighted by molar-refractivity contribution is 0.0823. The van der Waals surface area contributed by atoms with Crippen LogP contribution in [0.3, 0.4) is 0 Å². The number of benzene rings is 1. The number of ketones is 1. The van der Waals surface area contributed by atoms with Crippen LogP contribution in [0.1, 0.15) is 56.8 Å². The topological polar surface area (TPSA) is 26.3 Å². The van der Waals surface area contributed by atoms with Crippen molar-refractivity contribution in [3.05, 3.63) is 29.8 Å². The zero-order valence-corrected chi connectivity index (χ0v) is 11.5. The molecule has 1 aliphatic carbocycles. The van der Waals surface area contributed by atoms with Crippen molar-refractivity contribution in [1.82, 2.24) is 0 Å². The SMILES string of the molecule is CC(C)Oc1ccc(C(=O)C2(C)CCCC2)cc1. The summed E-state index contributed by atoms with van der Waals surface area (Å²) in [6, 6.07) is 7.57. The summed E-state index contributed by atoms with van der Waals surface area (Å²) in [4.78, 5) is 12.5. The maximum Gasteiger partial charge on any atom is 0.168 e. The second-order valence-corrected chi connectivity index (χ2v) is 5.79. The molecule has 0 aliphatic heterocycles. The fraction of sp³-hybridized carbons (Fsp3) is 0.562. The van der Waals surface area contributed by atoms with E-state index in [0.717, 1.165) is 24.2 Å². The largest absolute Gasteiger partial charge is 0.491 e. The molecule has 2 heteroatoms. The fourth-order valence-electron chi connectivity index (χ4n) is 2.69. The van der Waals surface area contributed by atoms with Gasteiger partial charge in [0.2, 0.25) is 0 Å². The summed E-state index contributed by atoms with van der Waals surface area (Å²) in [5, 5.41) is 0. The zero-order valence-electron chi connectivity index (χ0n) is 11.5. The average Bonchev–Trinajstić information content (AvgIpc) is 2.77. The van der Waals surface area contributed by atoms with Crippen LogP contribution in [0.2, 0.25) is 0 Å². The van der Waals surface area contributed by atoms with Crippen molar-refractivity contribution in [2.24, 2.45) is 5.41 Å². The molecule has 0 spiro atoms. The Balaban J connectivity index is 2.12. The number of ether oxygens (including phenoxy) is 1. The molecule has 1 aromatic rings. The summed E-state index contributed by atoms with van der Waals surface area (Å²) in [5.74, 6) is 1.12. The van der Waals surface area contributed by atoms with Crippen molar-refractivity contribution in [3.63, 3.8) is 0 Å². The maximum atomic E-state index is 12.5. The van der Waals surface area contributed by atoms with Crippen LogP contribution in [0.25, 0.3) is 0 Å². The van der Waals surface area contributed by atoms with Crippen LogP contribution in [0.5, 0.6) is 5.75 Å². The van der Waals surface area contributed by atoms with E-state index in [2.05, 4.69) is 6.92 Å². The second kappa shape index (κ2) is 5.13. The van der Waals surface area contributed by atoms with Gasteiger partial charge in [-0.15, -0.1) is 0 Å². The molecule has 0 N–H and O–H groups in total. The number of hydrogen-bond acceptors (Lipinski definition) is 2. The van der Waals surface area contributed by atoms with E-state index in [1.165, 1.54) is 12.8 Å². The van der Waals surface area contributed by atoms with Crippen LogP contribution in [0.4, 0.5) is 0 Å². The lowest BCUT2D eigenvalue weighted by atomic mass is 9.81. The first-order chi connectivity index (χ1) is 8.51. The molecule has 0 heterocycles. The Labute approximate surface area is 109 Å². The third-order valence-electron chi connectivity index (χ3n) is 3.74. The molecule has 0 radical (unpaired) electrons. The minimum atomic E-state index is -0.138. The van der Waals surface area contributed by atoms with Gasteiger partial charge in [0.25, 0.3) is 0 Å². The summed E-state index contributed by atoms with van der Waals surface area (Å²) >= 11 is 0. The van der Waals surface area contributed by atoms with Gasteiger partial charge in [0, 0.05) is 11.0 Å². The van der Waals surface area contributed by atoms with Gasteiger partial charge < -0.3 is 4.74 Å². The van der Waals surface area contributed by atoms with E-state index in [1.807, 2.05) is 38.1 Å². The molecule has 0 amide bonds. The van der Waals surface area contributed by atoms with Crippen molar-refractivity contribution < 1.29 is 9.53 Å². The van der Waals surface area contributed by atoms with Crippen LogP contribution in [0, 0.1) is 5.41 Å². The normalized spacial score (nSPS) is 18.0. The Bertz CT molecular complexity index is 411. The molecule has 0 aromatic heterocycles. The van der Waals surface area contributed by atoms with Crippen molar-refractivity contribution >= 4 is 5.78 Å². The van der Waals surface area contributed by atoms with Crippen molar-refractivity contribution in [3.8, 4) is 5.75 Å². The van der Waals surface area contributed by atoms with E-state index in [0.29, 0.717) is 0 Å². The molecule has 0 bridgehead atoms. The van der Waals surface area contributed by atoms with Gasteiger partial charge in [-0.2, -0.15) is 0 Å². The number of Topliss-reactive ketones (excluding diaryl/α,β-unsaturated/α-hetero) is 1. The maximum absolute atomic E-state index is 12.5. The van der Waals surface area contributed by atoms with Gasteiger partial charge in [-0.1, -0.05) is 19.8 Å². The first-order valence-electron chi connectivity index (χ1n) is 6.83. The Morgan fingerprint density at radius 2 is 1.72 bits per heavy atom. The van der Waals surface area contributed by atoms with Gasteiger partial charge in [-0.3, -0.25) is 4.79 Å². The molecule has 1 aromatic carbocycles. The van der Waals surface area contributed by atoms with E-state index >= 15 is 0 Å². The number of carbonyl (C=O) groups excluding carboxylic acids is 1. The molecule has 0 atom stereocenters. The molecule has 1 aliphatic rings. The monoisotopic (exact) mass is 246 g/mol. The predicted octanol–water partition coefficient (Wildman–Crippen LogP) is 4.24. The van der Waals surface area contributed by atoms with Gasteiger partial charge in [0.15, 0.2) is 5.78 Å². The minimum Gasteiger partial charge on any atom is -0.491 e. The van der Waals surface area contributed by atoms with Crippen molar-refractivity contribution in [2.75, 3.05) is 0 Å². The van der Waals surface area contributed by atoms with Gasteiger partial charge in [0.1, 0.15) is 5.75 Å². The van der Waals surface area contributed by atoms with Crippen LogP contribution in [0.15, 0.2) is 24.3 Å². The standard InChI is InChI=1S/C16H22O2/c1-12(2)18-14-8-6-13(7-9-14)15(17)16(3)10-4-5-11-16/h6-9,12H,4-5,10-11H2,1-3H3. The van der Waals surface area contributed by atoms with E-state index in [4.69, 9.17) is 4.74 Å². The van der Waals surface area contributed by atoms with Gasteiger partial charge >= 0.3 is 0 Å². The highest BCUT2D eigenvalue weighted by Crippen LogP contribution is 2.40. The number of hydrogen-bond donors (Lipinski definition) is 0. The molecule has 18 heavy (non-hydrogen) atoms. The predicted molar refractivity (Wildman–Crippen MR) is 73.1 cm³/mol. The molecule has 98 valence electrons. The van der Waals surface area contributed by atoms with Crippen LogP contribution in [-0.2, 0) is 0 Å². The molecule has 0 unspecified atom stereocenters. The first-order valence-corrected chi connectivity index (χ1v) is 6.83. The Kier molecular flexibility index (Phi) is 3.74. The van der Waals surface area contributed by atoms with Gasteiger partial charge in [-0.25, -0.2) is 0 Å². The number of rotatable bonds is 4. The van der Waals surface area contributed by atoms with Crippen LogP contribution < -0.4 is 4.74 Å². The molecule has 1 fully saturated rings. The highest BCUT2D eigenvalue weighted by Gasteiger charge is 2.36. The van der Waals surface area contributed by atoms with Gasteiger partial charge in [0.05, 0.1) is 6.10 Å². The fourth-order valence-corrected chi connectivity index (χ4v) is 2.69. The van der Waals surface area contributed by atoms with Crippen LogP contribution >= 0.6 is 0 Å². The molecule has 2 nitrogen and oxygen atoms in total. The summed E-state index contributed by atoms with van der Waals surface area (Å²) in [5.41, 5.74) is 0.677. The third kappa shape index (κ3) is 2.74. The van der Waals surface area contributed by atoms with Crippen LogP contribution in [-0.4, -0.2) is 11.9 Å². The summed E-state index contributed by atoms with van der Waals surface area (Å²) in [7, 11) is 0. The first kappa shape index (κ1) is 13.1. The third-order valence-corrected chi connectivity index (χ3v) is 3.74. The summed E-state index contributed by atoms with van der Waals surface area (Å²) in [6.07, 6.45) is 4.57. The minimum absolute atomic E-state index is 0.138. The quantitative estimate of drug-likeness (QED) is 0.743. The van der Waals surface area contributed by atoms with E-state index in [1.54, 1.807) is 0 Å². The second-order valence-electron chi connectivity index (χ2n) is 5.79. The van der Waals surface area contributed by atoms with E-state index in [-0.39, 0.29) is 17.3 Å². The zero-order chi connectivity index (χ0) is 13.2. The molecule has 2 rings (SSSR count). The Hall–Kier alpha value is -1.31. The molecule has 0 saturated heterocycles. The highest BCUT2D eigenvalue weighted by atomic mass is 16.5.